The second-order valence-electron chi connectivity index (χ2n) is 4.70. The zero-order chi connectivity index (χ0) is 13.1. The van der Waals surface area contributed by atoms with Gasteiger partial charge in [0, 0.05) is 6.92 Å². The summed E-state index contributed by atoms with van der Waals surface area (Å²) in [6.07, 6.45) is 6.17. The van der Waals surface area contributed by atoms with Crippen LogP contribution in [0.15, 0.2) is 9.57 Å². The number of aryl methyl sites for hydroxylation is 1. The van der Waals surface area contributed by atoms with E-state index < -0.39 is 0 Å². The van der Waals surface area contributed by atoms with E-state index >= 15 is 0 Å². The van der Waals surface area contributed by atoms with Crippen LogP contribution < -0.4 is 0 Å². The van der Waals surface area contributed by atoms with Gasteiger partial charge in [0.2, 0.25) is 16.9 Å². The van der Waals surface area contributed by atoms with Crippen LogP contribution in [0.2, 0.25) is 0 Å². The molecule has 7 nitrogen and oxygen atoms in total. The van der Waals surface area contributed by atoms with Gasteiger partial charge in [-0.3, -0.25) is 0 Å². The number of nitrogens with zero attached hydrogens (tertiary/aromatic N) is 6. The first-order chi connectivity index (χ1) is 9.33. The van der Waals surface area contributed by atoms with E-state index in [0.717, 1.165) is 18.0 Å². The van der Waals surface area contributed by atoms with Gasteiger partial charge >= 0.3 is 0 Å². The first-order valence-corrected chi connectivity index (χ1v) is 7.51. The van der Waals surface area contributed by atoms with Crippen molar-refractivity contribution in [2.75, 3.05) is 0 Å². The number of tetrazole rings is 1. The highest BCUT2D eigenvalue weighted by Crippen LogP contribution is 2.30. The molecule has 0 spiro atoms. The Morgan fingerprint density at radius 1 is 1.21 bits per heavy atom. The summed E-state index contributed by atoms with van der Waals surface area (Å²) in [5.74, 6) is 1.80. The SMILES string of the molecule is Cc1nnc(CSc2nnnn2C2CCCCC2)o1. The maximum atomic E-state index is 5.35. The van der Waals surface area contributed by atoms with Crippen LogP contribution in [-0.2, 0) is 5.75 Å². The van der Waals surface area contributed by atoms with Gasteiger partial charge in [0.15, 0.2) is 0 Å². The summed E-state index contributed by atoms with van der Waals surface area (Å²) in [5.41, 5.74) is 0. The van der Waals surface area contributed by atoms with Crippen LogP contribution in [-0.4, -0.2) is 30.4 Å². The molecule has 0 bridgehead atoms. The van der Waals surface area contributed by atoms with E-state index in [2.05, 4.69) is 25.7 Å². The lowest BCUT2D eigenvalue weighted by molar-refractivity contribution is 0.307. The lowest BCUT2D eigenvalue weighted by atomic mass is 9.96. The fraction of sp³-hybridized carbons (Fsp3) is 0.727. The first kappa shape index (κ1) is 12.6. The predicted octanol–water partition coefficient (Wildman–Crippen LogP) is 2.16. The van der Waals surface area contributed by atoms with Crippen LogP contribution >= 0.6 is 11.8 Å². The van der Waals surface area contributed by atoms with Gasteiger partial charge in [0.1, 0.15) is 0 Å². The molecular weight excluding hydrogens is 264 g/mol. The predicted molar refractivity (Wildman–Crippen MR) is 68.5 cm³/mol. The second kappa shape index (κ2) is 5.68. The van der Waals surface area contributed by atoms with Gasteiger partial charge < -0.3 is 4.42 Å². The average Bonchev–Trinajstić information content (AvgIpc) is 3.06. The standard InChI is InChI=1S/C11H16N6OS/c1-8-12-13-10(18-8)7-19-11-14-15-16-17(11)9-5-3-2-4-6-9/h9H,2-7H2,1H3. The normalized spacial score (nSPS) is 16.9. The van der Waals surface area contributed by atoms with Crippen molar-refractivity contribution >= 4 is 11.8 Å². The van der Waals surface area contributed by atoms with E-state index in [-0.39, 0.29) is 0 Å². The largest absolute Gasteiger partial charge is 0.425 e. The van der Waals surface area contributed by atoms with Crippen LogP contribution in [0.3, 0.4) is 0 Å². The van der Waals surface area contributed by atoms with Crippen molar-refractivity contribution in [3.8, 4) is 0 Å². The molecule has 0 atom stereocenters. The van der Waals surface area contributed by atoms with Crippen molar-refractivity contribution in [3.63, 3.8) is 0 Å². The Bertz CT molecular complexity index is 533. The molecule has 102 valence electrons. The minimum absolute atomic E-state index is 0.440. The summed E-state index contributed by atoms with van der Waals surface area (Å²) in [4.78, 5) is 0. The topological polar surface area (TPSA) is 82.5 Å². The molecule has 2 aromatic rings. The molecule has 0 amide bonds. The van der Waals surface area contributed by atoms with Gasteiger partial charge in [0.25, 0.3) is 0 Å². The number of rotatable bonds is 4. The Balaban J connectivity index is 1.66. The van der Waals surface area contributed by atoms with Crippen molar-refractivity contribution in [3.05, 3.63) is 11.8 Å². The van der Waals surface area contributed by atoms with Crippen LogP contribution in [0.1, 0.15) is 49.9 Å². The van der Waals surface area contributed by atoms with E-state index in [0.29, 0.717) is 23.6 Å². The van der Waals surface area contributed by atoms with Gasteiger partial charge in [0.05, 0.1) is 11.8 Å². The molecule has 0 aromatic carbocycles. The summed E-state index contributed by atoms with van der Waals surface area (Å²) in [6.45, 7) is 1.78. The van der Waals surface area contributed by atoms with E-state index in [1.807, 2.05) is 4.68 Å². The molecule has 2 aromatic heterocycles. The Labute approximate surface area is 115 Å². The zero-order valence-electron chi connectivity index (χ0n) is 10.8. The van der Waals surface area contributed by atoms with Crippen LogP contribution in [0.4, 0.5) is 0 Å². The molecule has 1 fully saturated rings. The summed E-state index contributed by atoms with van der Waals surface area (Å²) >= 11 is 1.54. The van der Waals surface area contributed by atoms with E-state index in [1.54, 1.807) is 18.7 Å². The van der Waals surface area contributed by atoms with Gasteiger partial charge in [-0.15, -0.1) is 15.3 Å². The minimum atomic E-state index is 0.440. The third-order valence-corrected chi connectivity index (χ3v) is 4.19. The molecule has 1 aliphatic rings. The summed E-state index contributed by atoms with van der Waals surface area (Å²) in [5, 5.41) is 20.6. The quantitative estimate of drug-likeness (QED) is 0.793. The van der Waals surface area contributed by atoms with Gasteiger partial charge in [-0.1, -0.05) is 31.0 Å². The highest BCUT2D eigenvalue weighted by atomic mass is 32.2. The summed E-state index contributed by atoms with van der Waals surface area (Å²) in [7, 11) is 0. The molecular formula is C11H16N6OS. The monoisotopic (exact) mass is 280 g/mol. The Morgan fingerprint density at radius 2 is 2.05 bits per heavy atom. The third kappa shape index (κ3) is 2.94. The summed E-state index contributed by atoms with van der Waals surface area (Å²) < 4.78 is 7.30. The fourth-order valence-electron chi connectivity index (χ4n) is 2.36. The van der Waals surface area contributed by atoms with Crippen molar-refractivity contribution in [1.29, 1.82) is 0 Å². The van der Waals surface area contributed by atoms with Gasteiger partial charge in [-0.2, -0.15) is 0 Å². The van der Waals surface area contributed by atoms with Crippen LogP contribution in [0.25, 0.3) is 0 Å². The van der Waals surface area contributed by atoms with Crippen LogP contribution in [0.5, 0.6) is 0 Å². The van der Waals surface area contributed by atoms with E-state index in [4.69, 9.17) is 4.42 Å². The van der Waals surface area contributed by atoms with E-state index in [9.17, 15) is 0 Å². The number of thioether (sulfide) groups is 1. The van der Waals surface area contributed by atoms with Gasteiger partial charge in [-0.25, -0.2) is 4.68 Å². The molecule has 19 heavy (non-hydrogen) atoms. The van der Waals surface area contributed by atoms with Crippen molar-refractivity contribution < 1.29 is 4.42 Å². The molecule has 0 saturated heterocycles. The molecule has 0 unspecified atom stereocenters. The third-order valence-electron chi connectivity index (χ3n) is 3.28. The maximum Gasteiger partial charge on any atom is 0.226 e. The molecule has 0 radical (unpaired) electrons. The molecule has 1 saturated carbocycles. The number of aromatic nitrogens is 6. The zero-order valence-corrected chi connectivity index (χ0v) is 11.6. The highest BCUT2D eigenvalue weighted by Gasteiger charge is 2.20. The summed E-state index contributed by atoms with van der Waals surface area (Å²) in [6, 6.07) is 0.440. The highest BCUT2D eigenvalue weighted by molar-refractivity contribution is 7.98. The fourth-order valence-corrected chi connectivity index (χ4v) is 3.14. The second-order valence-corrected chi connectivity index (χ2v) is 5.64. The Morgan fingerprint density at radius 3 is 2.79 bits per heavy atom. The van der Waals surface area contributed by atoms with E-state index in [1.165, 1.54) is 19.3 Å². The smallest absolute Gasteiger partial charge is 0.226 e. The van der Waals surface area contributed by atoms with Crippen molar-refractivity contribution in [1.82, 2.24) is 30.4 Å². The molecule has 0 N–H and O–H groups in total. The lowest BCUT2D eigenvalue weighted by Gasteiger charge is -2.21. The van der Waals surface area contributed by atoms with Crippen molar-refractivity contribution in [2.24, 2.45) is 0 Å². The number of hydrogen-bond acceptors (Lipinski definition) is 7. The van der Waals surface area contributed by atoms with Crippen LogP contribution in [0, 0.1) is 6.92 Å². The van der Waals surface area contributed by atoms with Gasteiger partial charge in [-0.05, 0) is 23.3 Å². The lowest BCUT2D eigenvalue weighted by Crippen LogP contribution is -2.15. The Hall–Kier alpha value is -1.44. The maximum absolute atomic E-state index is 5.35. The molecule has 1 aliphatic carbocycles. The first-order valence-electron chi connectivity index (χ1n) is 6.52. The minimum Gasteiger partial charge on any atom is -0.425 e. The molecule has 0 aliphatic heterocycles. The number of hydrogen-bond donors (Lipinski definition) is 0. The molecule has 8 heteroatoms. The van der Waals surface area contributed by atoms with Crippen molar-refractivity contribution in [2.45, 2.75) is 56.0 Å². The molecule has 2 heterocycles. The molecule has 3 rings (SSSR count). The Kier molecular flexibility index (Phi) is 3.77. The average molecular weight is 280 g/mol.